The largest absolute Gasteiger partial charge is 0.496 e. The predicted molar refractivity (Wildman–Crippen MR) is 168 cm³/mol. The van der Waals surface area contributed by atoms with Gasteiger partial charge in [-0.3, -0.25) is 5.32 Å². The van der Waals surface area contributed by atoms with Crippen molar-refractivity contribution < 1.29 is 9.47 Å². The van der Waals surface area contributed by atoms with E-state index in [-0.39, 0.29) is 12.1 Å². The van der Waals surface area contributed by atoms with Gasteiger partial charge in [0.25, 0.3) is 0 Å². The molecular formula is C35H57N3O2. The maximum Gasteiger partial charge on any atom is 0.122 e. The molecule has 1 fully saturated rings. The molecule has 0 aliphatic carbocycles. The average Bonchev–Trinajstić information content (AvgIpc) is 3.31. The number of unbranched alkanes of at least 4 members (excludes halogenated alkanes) is 15. The van der Waals surface area contributed by atoms with Crippen LogP contribution in [-0.2, 0) is 11.2 Å². The fourth-order valence-corrected chi connectivity index (χ4v) is 6.59. The van der Waals surface area contributed by atoms with Gasteiger partial charge in [0.05, 0.1) is 19.7 Å². The molecule has 5 nitrogen and oxygen atoms in total. The van der Waals surface area contributed by atoms with Crippen molar-refractivity contribution in [2.24, 2.45) is 0 Å². The minimum atomic E-state index is -0.0486. The lowest BCUT2D eigenvalue weighted by Crippen LogP contribution is -2.39. The molecule has 0 bridgehead atoms. The molecule has 1 aromatic carbocycles. The van der Waals surface area contributed by atoms with E-state index in [9.17, 15) is 0 Å². The first-order chi connectivity index (χ1) is 19.7. The van der Waals surface area contributed by atoms with Gasteiger partial charge in [0.2, 0.25) is 0 Å². The predicted octanol–water partition coefficient (Wildman–Crippen LogP) is 9.62. The number of ether oxygens (including phenoxy) is 2. The summed E-state index contributed by atoms with van der Waals surface area (Å²) in [7, 11) is 1.78. The topological polar surface area (TPSA) is 70.1 Å². The highest BCUT2D eigenvalue weighted by molar-refractivity contribution is 5.90. The second kappa shape index (κ2) is 19.2. The van der Waals surface area contributed by atoms with Crippen LogP contribution in [0.5, 0.6) is 5.75 Å². The molecule has 2 N–H and O–H groups in total. The molecule has 40 heavy (non-hydrogen) atoms. The van der Waals surface area contributed by atoms with Gasteiger partial charge in [-0.2, -0.15) is 5.26 Å². The Hall–Kier alpha value is -2.03. The maximum atomic E-state index is 9.15. The van der Waals surface area contributed by atoms with E-state index < -0.39 is 0 Å². The van der Waals surface area contributed by atoms with Crippen LogP contribution in [0.1, 0.15) is 145 Å². The molecule has 0 amide bonds. The summed E-state index contributed by atoms with van der Waals surface area (Å²) in [5, 5.41) is 13.8. The van der Waals surface area contributed by atoms with Gasteiger partial charge >= 0.3 is 0 Å². The van der Waals surface area contributed by atoms with E-state index in [1.165, 1.54) is 119 Å². The monoisotopic (exact) mass is 551 g/mol. The quantitative estimate of drug-likeness (QED) is 0.120. The number of hydrogen-bond acceptors (Lipinski definition) is 4. The number of nitriles is 1. The number of methoxy groups -OCH3 is 1. The van der Waals surface area contributed by atoms with Gasteiger partial charge in [-0.05, 0) is 44.7 Å². The van der Waals surface area contributed by atoms with E-state index in [1.54, 1.807) is 7.11 Å². The molecule has 5 heteroatoms. The first-order valence-electron chi connectivity index (χ1n) is 16.6. The van der Waals surface area contributed by atoms with Gasteiger partial charge in [0.1, 0.15) is 11.9 Å². The Labute approximate surface area is 244 Å². The van der Waals surface area contributed by atoms with Crippen molar-refractivity contribution in [2.75, 3.05) is 20.3 Å². The number of nitrogens with one attached hydrogen (secondary N) is 2. The van der Waals surface area contributed by atoms with E-state index in [0.29, 0.717) is 6.54 Å². The van der Waals surface area contributed by atoms with Crippen LogP contribution in [0, 0.1) is 18.3 Å². The van der Waals surface area contributed by atoms with Crippen molar-refractivity contribution in [1.82, 2.24) is 10.3 Å². The van der Waals surface area contributed by atoms with Gasteiger partial charge in [0, 0.05) is 40.4 Å². The molecule has 224 valence electrons. The lowest BCUT2D eigenvalue weighted by Gasteiger charge is -2.33. The number of nitrogens with zero attached hydrogens (tertiary/aromatic N) is 1. The van der Waals surface area contributed by atoms with Crippen LogP contribution in [0.2, 0.25) is 0 Å². The minimum absolute atomic E-state index is 0.0486. The molecular weight excluding hydrogens is 494 g/mol. The van der Waals surface area contributed by atoms with Crippen LogP contribution in [0.3, 0.4) is 0 Å². The van der Waals surface area contributed by atoms with Crippen molar-refractivity contribution in [2.45, 2.75) is 148 Å². The Balaban J connectivity index is 1.43. The summed E-state index contributed by atoms with van der Waals surface area (Å²) >= 11 is 0. The summed E-state index contributed by atoms with van der Waals surface area (Å²) < 4.78 is 12.2. The highest BCUT2D eigenvalue weighted by atomic mass is 16.5. The summed E-state index contributed by atoms with van der Waals surface area (Å²) in [6.07, 6.45) is 25.2. The number of aromatic nitrogens is 1. The van der Waals surface area contributed by atoms with Crippen LogP contribution in [0.4, 0.5) is 0 Å². The van der Waals surface area contributed by atoms with E-state index in [2.05, 4.69) is 42.4 Å². The Morgan fingerprint density at radius 2 is 1.52 bits per heavy atom. The number of aromatic amines is 1. The molecule has 0 saturated carbocycles. The molecule has 2 aromatic rings. The lowest BCUT2D eigenvalue weighted by molar-refractivity contribution is -0.00905. The zero-order valence-electron chi connectivity index (χ0n) is 25.9. The second-order valence-corrected chi connectivity index (χ2v) is 12.0. The van der Waals surface area contributed by atoms with Gasteiger partial charge in [-0.25, -0.2) is 0 Å². The zero-order chi connectivity index (χ0) is 28.4. The molecule has 2 heterocycles. The molecule has 2 unspecified atom stereocenters. The van der Waals surface area contributed by atoms with Gasteiger partial charge < -0.3 is 14.5 Å². The molecule has 1 aromatic heterocycles. The van der Waals surface area contributed by atoms with Gasteiger partial charge in [0.15, 0.2) is 0 Å². The number of hydrogen-bond donors (Lipinski definition) is 2. The molecule has 1 aliphatic rings. The van der Waals surface area contributed by atoms with Crippen molar-refractivity contribution in [1.29, 1.82) is 5.26 Å². The smallest absolute Gasteiger partial charge is 0.122 e. The number of aryl methyl sites for hydroxylation is 2. The molecule has 0 spiro atoms. The number of H-pyrrole nitrogens is 1. The first kappa shape index (κ1) is 32.5. The minimum Gasteiger partial charge on any atom is -0.496 e. The molecule has 0 radical (unpaired) electrons. The molecule has 2 atom stereocenters. The number of benzene rings is 1. The Kier molecular flexibility index (Phi) is 15.6. The summed E-state index contributed by atoms with van der Waals surface area (Å²) in [6, 6.07) is 6.64. The zero-order valence-corrected chi connectivity index (χ0v) is 25.9. The van der Waals surface area contributed by atoms with Crippen molar-refractivity contribution in [3.8, 4) is 11.8 Å². The van der Waals surface area contributed by atoms with Crippen LogP contribution in [0.15, 0.2) is 12.1 Å². The molecule has 3 rings (SSSR count). The number of rotatable bonds is 21. The fraction of sp³-hybridized carbons (Fsp3) is 0.743. The van der Waals surface area contributed by atoms with Crippen LogP contribution in [0.25, 0.3) is 10.9 Å². The third-order valence-corrected chi connectivity index (χ3v) is 8.82. The fourth-order valence-electron chi connectivity index (χ4n) is 6.59. The SMILES string of the molecule is CCCCCCCCCCCCCCCCCCc1c(OC)ccc2[nH]c(C)c(C3OCCCC3NCC#N)c12. The molecule has 1 saturated heterocycles. The normalized spacial score (nSPS) is 17.4. The Morgan fingerprint density at radius 1 is 0.925 bits per heavy atom. The molecule has 1 aliphatic heterocycles. The summed E-state index contributed by atoms with van der Waals surface area (Å²) in [5.74, 6) is 0.978. The summed E-state index contributed by atoms with van der Waals surface area (Å²) in [6.45, 7) is 5.56. The standard InChI is InChI=1S/C35H57N3O2/c1-4-5-6-7-8-9-10-11-12-13-14-15-16-17-18-19-21-29-32(39-3)24-23-30-34(29)33(28(2)38-30)35-31(37-26-25-36)22-20-27-40-35/h23-24,31,35,37-38H,4-22,26-27H2,1-3H3. The maximum absolute atomic E-state index is 9.15. The third-order valence-electron chi connectivity index (χ3n) is 8.82. The van der Waals surface area contributed by atoms with E-state index >= 15 is 0 Å². The Bertz CT molecular complexity index is 1010. The van der Waals surface area contributed by atoms with Crippen LogP contribution in [-0.4, -0.2) is 31.3 Å². The van der Waals surface area contributed by atoms with Gasteiger partial charge in [-0.1, -0.05) is 103 Å². The van der Waals surface area contributed by atoms with Crippen LogP contribution < -0.4 is 10.1 Å². The highest BCUT2D eigenvalue weighted by Crippen LogP contribution is 2.40. The third kappa shape index (κ3) is 10.1. The van der Waals surface area contributed by atoms with Crippen molar-refractivity contribution >= 4 is 10.9 Å². The summed E-state index contributed by atoms with van der Waals surface area (Å²) in [4.78, 5) is 3.62. The van der Waals surface area contributed by atoms with E-state index in [1.807, 2.05) is 0 Å². The van der Waals surface area contributed by atoms with E-state index in [4.69, 9.17) is 14.7 Å². The van der Waals surface area contributed by atoms with Gasteiger partial charge in [-0.15, -0.1) is 0 Å². The lowest BCUT2D eigenvalue weighted by atomic mass is 9.90. The summed E-state index contributed by atoms with van der Waals surface area (Å²) in [5.41, 5.74) is 4.87. The average molecular weight is 552 g/mol. The van der Waals surface area contributed by atoms with Crippen LogP contribution >= 0.6 is 0 Å². The van der Waals surface area contributed by atoms with E-state index in [0.717, 1.165) is 42.8 Å². The first-order valence-corrected chi connectivity index (χ1v) is 16.6. The highest BCUT2D eigenvalue weighted by Gasteiger charge is 2.32. The van der Waals surface area contributed by atoms with Crippen molar-refractivity contribution in [3.63, 3.8) is 0 Å². The second-order valence-electron chi connectivity index (χ2n) is 12.0. The number of fused-ring (bicyclic) bond motifs is 1. The Morgan fingerprint density at radius 3 is 2.10 bits per heavy atom. The van der Waals surface area contributed by atoms with Crippen molar-refractivity contribution in [3.05, 3.63) is 29.0 Å².